The van der Waals surface area contributed by atoms with Gasteiger partial charge < -0.3 is 10.7 Å². The summed E-state index contributed by atoms with van der Waals surface area (Å²) < 4.78 is 0.913. The summed E-state index contributed by atoms with van der Waals surface area (Å²) in [4.78, 5) is 0. The molecule has 2 aromatic carbocycles. The highest BCUT2D eigenvalue weighted by Gasteiger charge is 2.18. The lowest BCUT2D eigenvalue weighted by Gasteiger charge is -2.20. The molecule has 2 rings (SSSR count). The van der Waals surface area contributed by atoms with Crippen LogP contribution in [0.1, 0.15) is 41.5 Å². The number of hydrogen-bond acceptors (Lipinski definition) is 2. The van der Waals surface area contributed by atoms with Gasteiger partial charge in [-0.2, -0.15) is 0 Å². The Morgan fingerprint density at radius 1 is 1.27 bits per heavy atom. The molecule has 0 saturated heterocycles. The molecule has 2 nitrogen and oxygen atoms in total. The first kappa shape index (κ1) is 21.3. The third kappa shape index (κ3) is 5.24. The topological polar surface area (TPSA) is 35.9 Å². The van der Waals surface area contributed by atoms with E-state index in [-0.39, 0.29) is 5.92 Å². The van der Waals surface area contributed by atoms with Crippen molar-refractivity contribution in [2.75, 3.05) is 11.0 Å². The molecule has 0 aliphatic heterocycles. The lowest BCUT2D eigenvalue weighted by Crippen LogP contribution is -2.08. The van der Waals surface area contributed by atoms with E-state index in [4.69, 9.17) is 28.6 Å². The molecule has 0 aliphatic rings. The lowest BCUT2D eigenvalue weighted by molar-refractivity contribution is 0.811. The van der Waals surface area contributed by atoms with Gasteiger partial charge in [0.25, 0.3) is 0 Å². The SMILES string of the molecule is CCCN/C=C(\C=N)c1cccc([C@H](CI)c2cc(Cl)cc(Cl)c2C)c1. The number of allylic oxidation sites excluding steroid dienone is 1. The van der Waals surface area contributed by atoms with Crippen LogP contribution in [0.5, 0.6) is 0 Å². The molecule has 0 unspecified atom stereocenters. The average Bonchev–Trinajstić information content (AvgIpc) is 2.63. The number of hydrogen-bond donors (Lipinski definition) is 2. The molecular formula is C21H23Cl2IN2. The fourth-order valence-corrected chi connectivity index (χ4v) is 4.34. The maximum Gasteiger partial charge on any atom is 0.0452 e. The summed E-state index contributed by atoms with van der Waals surface area (Å²) in [6, 6.07) is 12.2. The van der Waals surface area contributed by atoms with Gasteiger partial charge in [0.2, 0.25) is 0 Å². The van der Waals surface area contributed by atoms with Crippen molar-refractivity contribution in [2.45, 2.75) is 26.2 Å². The van der Waals surface area contributed by atoms with E-state index in [0.717, 1.165) is 39.7 Å². The molecule has 0 saturated carbocycles. The first-order chi connectivity index (χ1) is 12.5. The quantitative estimate of drug-likeness (QED) is 0.176. The van der Waals surface area contributed by atoms with Crippen LogP contribution in [-0.4, -0.2) is 17.2 Å². The zero-order valence-corrected chi connectivity index (χ0v) is 18.6. The molecule has 0 bridgehead atoms. The molecule has 0 amide bonds. The summed E-state index contributed by atoms with van der Waals surface area (Å²) in [6.45, 7) is 5.05. The van der Waals surface area contributed by atoms with Crippen LogP contribution < -0.4 is 5.32 Å². The Labute approximate surface area is 179 Å². The highest BCUT2D eigenvalue weighted by atomic mass is 127. The Bertz CT molecular complexity index is 803. The first-order valence-corrected chi connectivity index (χ1v) is 10.9. The van der Waals surface area contributed by atoms with Gasteiger partial charge in [-0.3, -0.25) is 0 Å². The predicted octanol–water partition coefficient (Wildman–Crippen LogP) is 6.86. The number of benzene rings is 2. The van der Waals surface area contributed by atoms with Crippen molar-refractivity contribution in [2.24, 2.45) is 0 Å². The molecular weight excluding hydrogens is 478 g/mol. The third-order valence-corrected chi connectivity index (χ3v) is 5.80. The molecule has 0 aliphatic carbocycles. The molecule has 5 heteroatoms. The largest absolute Gasteiger partial charge is 0.390 e. The van der Waals surface area contributed by atoms with Gasteiger partial charge in [0.05, 0.1) is 0 Å². The van der Waals surface area contributed by atoms with Crippen molar-refractivity contribution in [3.8, 4) is 0 Å². The fraction of sp³-hybridized carbons (Fsp3) is 0.286. The van der Waals surface area contributed by atoms with Crippen LogP contribution in [0.4, 0.5) is 0 Å². The second-order valence-corrected chi connectivity index (χ2v) is 7.86. The van der Waals surface area contributed by atoms with Gasteiger partial charge >= 0.3 is 0 Å². The van der Waals surface area contributed by atoms with Crippen molar-refractivity contribution in [3.05, 3.63) is 74.9 Å². The van der Waals surface area contributed by atoms with Crippen molar-refractivity contribution in [1.82, 2.24) is 5.32 Å². The summed E-state index contributed by atoms with van der Waals surface area (Å²) in [5.74, 6) is 0.197. The number of rotatable bonds is 8. The van der Waals surface area contributed by atoms with E-state index < -0.39 is 0 Å². The molecule has 0 spiro atoms. The first-order valence-electron chi connectivity index (χ1n) is 8.57. The minimum atomic E-state index is 0.197. The molecule has 0 heterocycles. The van der Waals surface area contributed by atoms with E-state index in [0.29, 0.717) is 10.0 Å². The van der Waals surface area contributed by atoms with Crippen LogP contribution in [0.15, 0.2) is 42.6 Å². The smallest absolute Gasteiger partial charge is 0.0452 e. The lowest BCUT2D eigenvalue weighted by atomic mass is 9.88. The summed E-state index contributed by atoms with van der Waals surface area (Å²) >= 11 is 15.0. The summed E-state index contributed by atoms with van der Waals surface area (Å²) in [5.41, 5.74) is 5.31. The van der Waals surface area contributed by atoms with Crippen molar-refractivity contribution >= 4 is 57.6 Å². The van der Waals surface area contributed by atoms with E-state index in [1.165, 1.54) is 11.8 Å². The predicted molar refractivity (Wildman–Crippen MR) is 123 cm³/mol. The number of halogens is 3. The Hall–Kier alpha value is -1.04. The molecule has 0 radical (unpaired) electrons. The second-order valence-electron chi connectivity index (χ2n) is 6.13. The fourth-order valence-electron chi connectivity index (χ4n) is 2.85. The van der Waals surface area contributed by atoms with Crippen LogP contribution in [0.25, 0.3) is 5.57 Å². The second kappa shape index (κ2) is 10.3. The molecule has 26 heavy (non-hydrogen) atoms. The molecule has 0 aromatic heterocycles. The highest BCUT2D eigenvalue weighted by Crippen LogP contribution is 2.35. The Morgan fingerprint density at radius 2 is 2.04 bits per heavy atom. The van der Waals surface area contributed by atoms with E-state index in [9.17, 15) is 0 Å². The Kier molecular flexibility index (Phi) is 8.45. The van der Waals surface area contributed by atoms with Gasteiger partial charge in [0.1, 0.15) is 0 Å². The summed E-state index contributed by atoms with van der Waals surface area (Å²) in [5, 5.41) is 12.3. The van der Waals surface area contributed by atoms with E-state index in [1.807, 2.05) is 31.3 Å². The van der Waals surface area contributed by atoms with E-state index in [1.54, 1.807) is 6.07 Å². The van der Waals surface area contributed by atoms with Gasteiger partial charge in [0, 0.05) is 44.9 Å². The zero-order valence-electron chi connectivity index (χ0n) is 15.0. The summed E-state index contributed by atoms with van der Waals surface area (Å²) in [7, 11) is 0. The normalized spacial score (nSPS) is 12.7. The van der Waals surface area contributed by atoms with Crippen LogP contribution in [0.2, 0.25) is 10.0 Å². The highest BCUT2D eigenvalue weighted by molar-refractivity contribution is 14.1. The standard InChI is InChI=1S/C21H23Cl2IN2/c1-3-7-26-13-17(12-25)15-5-4-6-16(8-15)20(11-24)19-9-18(22)10-21(23)14(19)2/h4-6,8-10,12-13,20,25-26H,3,7,11H2,1-2H3/b17-13+,25-12?/t20-/m0/s1. The van der Waals surface area contributed by atoms with Crippen molar-refractivity contribution in [1.29, 1.82) is 5.41 Å². The van der Waals surface area contributed by atoms with Crippen LogP contribution in [0, 0.1) is 12.3 Å². The monoisotopic (exact) mass is 500 g/mol. The maximum atomic E-state index is 7.74. The van der Waals surface area contributed by atoms with Crippen LogP contribution in [-0.2, 0) is 0 Å². The third-order valence-electron chi connectivity index (χ3n) is 4.31. The molecule has 138 valence electrons. The summed E-state index contributed by atoms with van der Waals surface area (Å²) in [6.07, 6.45) is 4.35. The van der Waals surface area contributed by atoms with Gasteiger partial charge in [0.15, 0.2) is 0 Å². The zero-order chi connectivity index (χ0) is 19.1. The number of alkyl halides is 1. The minimum absolute atomic E-state index is 0.197. The Balaban J connectivity index is 2.44. The molecule has 1 atom stereocenters. The van der Waals surface area contributed by atoms with Crippen LogP contribution in [0.3, 0.4) is 0 Å². The molecule has 2 aromatic rings. The molecule has 2 N–H and O–H groups in total. The number of nitrogens with one attached hydrogen (secondary N) is 2. The Morgan fingerprint density at radius 3 is 2.69 bits per heavy atom. The van der Waals surface area contributed by atoms with Gasteiger partial charge in [-0.15, -0.1) is 0 Å². The van der Waals surface area contributed by atoms with E-state index in [2.05, 4.69) is 47.0 Å². The molecule has 0 fully saturated rings. The minimum Gasteiger partial charge on any atom is -0.390 e. The van der Waals surface area contributed by atoms with Crippen molar-refractivity contribution < 1.29 is 0 Å². The van der Waals surface area contributed by atoms with Gasteiger partial charge in [-0.1, -0.05) is 77.0 Å². The van der Waals surface area contributed by atoms with Crippen molar-refractivity contribution in [3.63, 3.8) is 0 Å². The van der Waals surface area contributed by atoms with Gasteiger partial charge in [-0.25, -0.2) is 0 Å². The van der Waals surface area contributed by atoms with Crippen LogP contribution >= 0.6 is 45.8 Å². The van der Waals surface area contributed by atoms with E-state index >= 15 is 0 Å². The van der Waals surface area contributed by atoms with Gasteiger partial charge in [-0.05, 0) is 47.7 Å². The average molecular weight is 501 g/mol. The maximum absolute atomic E-state index is 7.74.